The molecule has 0 heterocycles. The van der Waals surface area contributed by atoms with E-state index in [1.807, 2.05) is 24.5 Å². The molecular weight excluding hydrogens is 256 g/mol. The highest BCUT2D eigenvalue weighted by Gasteiger charge is 2.12. The van der Waals surface area contributed by atoms with E-state index < -0.39 is 6.04 Å². The van der Waals surface area contributed by atoms with Gasteiger partial charge in [-0.3, -0.25) is 4.79 Å². The number of hydrogen-bond acceptors (Lipinski definition) is 3. The standard InChI is InChI=1S/C12H17ClN2OS/c1-17-7-6-11(14)12(16)15-8-9-4-2-3-5-10(9)13/h2-5,11H,6-8,14H2,1H3,(H,15,16)/t11-/m0/s1. The second kappa shape index (κ2) is 7.58. The summed E-state index contributed by atoms with van der Waals surface area (Å²) >= 11 is 7.67. The van der Waals surface area contributed by atoms with Crippen LogP contribution in [-0.2, 0) is 11.3 Å². The van der Waals surface area contributed by atoms with Crippen molar-refractivity contribution in [1.29, 1.82) is 0 Å². The van der Waals surface area contributed by atoms with Crippen LogP contribution in [0.4, 0.5) is 0 Å². The van der Waals surface area contributed by atoms with E-state index in [-0.39, 0.29) is 5.91 Å². The summed E-state index contributed by atoms with van der Waals surface area (Å²) in [5.41, 5.74) is 6.65. The van der Waals surface area contributed by atoms with E-state index in [0.29, 0.717) is 18.0 Å². The summed E-state index contributed by atoms with van der Waals surface area (Å²) in [6, 6.07) is 7.00. The van der Waals surface area contributed by atoms with Crippen LogP contribution in [0.2, 0.25) is 5.02 Å². The van der Waals surface area contributed by atoms with Crippen LogP contribution in [0.15, 0.2) is 24.3 Å². The van der Waals surface area contributed by atoms with Gasteiger partial charge in [0.05, 0.1) is 6.04 Å². The summed E-state index contributed by atoms with van der Waals surface area (Å²) in [5.74, 6) is 0.764. The fraction of sp³-hybridized carbons (Fsp3) is 0.417. The Kier molecular flexibility index (Phi) is 6.40. The molecule has 0 aliphatic rings. The molecule has 0 bridgehead atoms. The smallest absolute Gasteiger partial charge is 0.237 e. The van der Waals surface area contributed by atoms with Crippen molar-refractivity contribution in [3.05, 3.63) is 34.9 Å². The monoisotopic (exact) mass is 272 g/mol. The number of thioether (sulfide) groups is 1. The Bertz CT molecular complexity index is 373. The van der Waals surface area contributed by atoms with E-state index in [9.17, 15) is 4.79 Å². The quantitative estimate of drug-likeness (QED) is 0.833. The predicted octanol–water partition coefficient (Wildman–Crippen LogP) is 2.04. The van der Waals surface area contributed by atoms with Crippen LogP contribution in [-0.4, -0.2) is 24.0 Å². The lowest BCUT2D eigenvalue weighted by atomic mass is 10.2. The van der Waals surface area contributed by atoms with Crippen molar-refractivity contribution in [2.45, 2.75) is 19.0 Å². The van der Waals surface area contributed by atoms with E-state index >= 15 is 0 Å². The summed E-state index contributed by atoms with van der Waals surface area (Å²) in [4.78, 5) is 11.6. The fourth-order valence-electron chi connectivity index (χ4n) is 1.33. The third-order valence-corrected chi connectivity index (χ3v) is 3.39. The fourth-order valence-corrected chi connectivity index (χ4v) is 2.02. The van der Waals surface area contributed by atoms with Crippen molar-refractivity contribution >= 4 is 29.3 Å². The second-order valence-corrected chi connectivity index (χ2v) is 5.09. The summed E-state index contributed by atoms with van der Waals surface area (Å²) < 4.78 is 0. The number of benzene rings is 1. The van der Waals surface area contributed by atoms with Gasteiger partial charge in [-0.05, 0) is 30.1 Å². The zero-order valence-corrected chi connectivity index (χ0v) is 11.4. The van der Waals surface area contributed by atoms with Gasteiger partial charge >= 0.3 is 0 Å². The van der Waals surface area contributed by atoms with Crippen molar-refractivity contribution in [1.82, 2.24) is 5.32 Å². The normalized spacial score (nSPS) is 12.2. The Balaban J connectivity index is 2.40. The SMILES string of the molecule is CSCC[C@H](N)C(=O)NCc1ccccc1Cl. The molecule has 0 aliphatic heterocycles. The molecule has 0 fully saturated rings. The van der Waals surface area contributed by atoms with E-state index in [4.69, 9.17) is 17.3 Å². The summed E-state index contributed by atoms with van der Waals surface area (Å²) in [7, 11) is 0. The number of halogens is 1. The molecule has 1 rings (SSSR count). The Morgan fingerprint density at radius 1 is 1.53 bits per heavy atom. The van der Waals surface area contributed by atoms with Crippen molar-refractivity contribution < 1.29 is 4.79 Å². The molecule has 5 heteroatoms. The molecule has 0 unspecified atom stereocenters. The maximum Gasteiger partial charge on any atom is 0.237 e. The summed E-state index contributed by atoms with van der Waals surface area (Å²) in [6.07, 6.45) is 2.68. The molecule has 0 saturated heterocycles. The first kappa shape index (κ1) is 14.4. The van der Waals surface area contributed by atoms with Gasteiger partial charge in [0, 0.05) is 11.6 Å². The molecule has 0 spiro atoms. The topological polar surface area (TPSA) is 55.1 Å². The largest absolute Gasteiger partial charge is 0.351 e. The van der Waals surface area contributed by atoms with Gasteiger partial charge in [0.2, 0.25) is 5.91 Å². The van der Waals surface area contributed by atoms with Crippen molar-refractivity contribution in [3.8, 4) is 0 Å². The molecule has 0 aromatic heterocycles. The highest BCUT2D eigenvalue weighted by molar-refractivity contribution is 7.98. The van der Waals surface area contributed by atoms with Crippen LogP contribution in [0.25, 0.3) is 0 Å². The number of carbonyl (C=O) groups is 1. The first-order valence-electron chi connectivity index (χ1n) is 5.40. The number of nitrogens with one attached hydrogen (secondary N) is 1. The zero-order valence-electron chi connectivity index (χ0n) is 9.78. The molecule has 1 aromatic carbocycles. The number of carbonyl (C=O) groups excluding carboxylic acids is 1. The predicted molar refractivity (Wildman–Crippen MR) is 74.3 cm³/mol. The van der Waals surface area contributed by atoms with Crippen LogP contribution in [0.3, 0.4) is 0 Å². The second-order valence-electron chi connectivity index (χ2n) is 3.70. The Morgan fingerprint density at radius 3 is 2.88 bits per heavy atom. The van der Waals surface area contributed by atoms with Crippen molar-refractivity contribution in [2.75, 3.05) is 12.0 Å². The van der Waals surface area contributed by atoms with Crippen LogP contribution < -0.4 is 11.1 Å². The molecule has 1 aromatic rings. The first-order valence-corrected chi connectivity index (χ1v) is 7.18. The molecule has 3 nitrogen and oxygen atoms in total. The van der Waals surface area contributed by atoms with Gasteiger partial charge in [-0.2, -0.15) is 11.8 Å². The summed E-state index contributed by atoms with van der Waals surface area (Å²) in [6.45, 7) is 0.422. The highest BCUT2D eigenvalue weighted by atomic mass is 35.5. The van der Waals surface area contributed by atoms with Crippen LogP contribution >= 0.6 is 23.4 Å². The Labute approximate surface area is 111 Å². The molecule has 94 valence electrons. The van der Waals surface area contributed by atoms with E-state index in [2.05, 4.69) is 5.32 Å². The van der Waals surface area contributed by atoms with Crippen LogP contribution in [0.1, 0.15) is 12.0 Å². The highest BCUT2D eigenvalue weighted by Crippen LogP contribution is 2.14. The third kappa shape index (κ3) is 4.98. The van der Waals surface area contributed by atoms with E-state index in [1.165, 1.54) is 0 Å². The average Bonchev–Trinajstić information content (AvgIpc) is 2.34. The Hall–Kier alpha value is -0.710. The van der Waals surface area contributed by atoms with E-state index in [0.717, 1.165) is 11.3 Å². The molecule has 0 saturated carbocycles. The maximum atomic E-state index is 11.6. The molecule has 1 atom stereocenters. The zero-order chi connectivity index (χ0) is 12.7. The first-order chi connectivity index (χ1) is 8.15. The molecule has 1 amide bonds. The molecule has 0 radical (unpaired) electrons. The Morgan fingerprint density at radius 2 is 2.24 bits per heavy atom. The van der Waals surface area contributed by atoms with Crippen LogP contribution in [0, 0.1) is 0 Å². The van der Waals surface area contributed by atoms with Gasteiger partial charge in [-0.25, -0.2) is 0 Å². The lowest BCUT2D eigenvalue weighted by molar-refractivity contribution is -0.122. The average molecular weight is 273 g/mol. The van der Waals surface area contributed by atoms with Gasteiger partial charge < -0.3 is 11.1 Å². The number of rotatable bonds is 6. The molecule has 17 heavy (non-hydrogen) atoms. The minimum atomic E-state index is -0.440. The summed E-state index contributed by atoms with van der Waals surface area (Å²) in [5, 5.41) is 3.45. The molecular formula is C12H17ClN2OS. The van der Waals surface area contributed by atoms with Gasteiger partial charge in [0.1, 0.15) is 0 Å². The lowest BCUT2D eigenvalue weighted by Gasteiger charge is -2.12. The van der Waals surface area contributed by atoms with Gasteiger partial charge in [0.15, 0.2) is 0 Å². The van der Waals surface area contributed by atoms with E-state index in [1.54, 1.807) is 17.8 Å². The molecule has 0 aliphatic carbocycles. The number of hydrogen-bond donors (Lipinski definition) is 2. The minimum Gasteiger partial charge on any atom is -0.351 e. The third-order valence-electron chi connectivity index (χ3n) is 2.38. The van der Waals surface area contributed by atoms with Crippen molar-refractivity contribution in [2.24, 2.45) is 5.73 Å². The maximum absolute atomic E-state index is 11.6. The number of nitrogens with two attached hydrogens (primary N) is 1. The minimum absolute atomic E-state index is 0.126. The lowest BCUT2D eigenvalue weighted by Crippen LogP contribution is -2.40. The van der Waals surface area contributed by atoms with Crippen molar-refractivity contribution in [3.63, 3.8) is 0 Å². The van der Waals surface area contributed by atoms with Gasteiger partial charge in [0.25, 0.3) is 0 Å². The van der Waals surface area contributed by atoms with Gasteiger partial charge in [-0.1, -0.05) is 29.8 Å². The van der Waals surface area contributed by atoms with Crippen LogP contribution in [0.5, 0.6) is 0 Å². The molecule has 3 N–H and O–H groups in total. The number of amides is 1. The van der Waals surface area contributed by atoms with Gasteiger partial charge in [-0.15, -0.1) is 0 Å².